The van der Waals surface area contributed by atoms with Crippen LogP contribution in [-0.2, 0) is 17.6 Å². The number of carbonyl (C=O) groups is 4. The molecule has 0 saturated carbocycles. The van der Waals surface area contributed by atoms with Crippen molar-refractivity contribution in [2.45, 2.75) is 45.2 Å². The van der Waals surface area contributed by atoms with E-state index in [0.29, 0.717) is 41.4 Å². The van der Waals surface area contributed by atoms with E-state index in [-0.39, 0.29) is 60.6 Å². The van der Waals surface area contributed by atoms with Crippen molar-refractivity contribution in [3.63, 3.8) is 0 Å². The minimum absolute atomic E-state index is 0.00118. The molecule has 2 aromatic carbocycles. The van der Waals surface area contributed by atoms with Crippen LogP contribution in [0.5, 0.6) is 0 Å². The highest BCUT2D eigenvalue weighted by Crippen LogP contribution is 2.27. The number of nitrogens with one attached hydrogen (secondary N) is 3. The minimum atomic E-state index is -0.535. The molecule has 5 N–H and O–H groups in total. The van der Waals surface area contributed by atoms with Gasteiger partial charge in [0.1, 0.15) is 21.4 Å². The molecule has 11 nitrogen and oxygen atoms in total. The van der Waals surface area contributed by atoms with Gasteiger partial charge in [0.15, 0.2) is 0 Å². The van der Waals surface area contributed by atoms with Crippen LogP contribution in [0, 0.1) is 5.92 Å². The highest BCUT2D eigenvalue weighted by Gasteiger charge is 2.27. The topological polar surface area (TPSA) is 159 Å². The molecule has 2 aromatic heterocycles. The van der Waals surface area contributed by atoms with Gasteiger partial charge in [-0.15, -0.1) is 22.7 Å². The van der Waals surface area contributed by atoms with E-state index in [1.807, 2.05) is 56.3 Å². The van der Waals surface area contributed by atoms with E-state index in [0.717, 1.165) is 11.1 Å². The molecule has 0 radical (unpaired) electrons. The second kappa shape index (κ2) is 15.9. The van der Waals surface area contributed by atoms with Crippen LogP contribution in [0.25, 0.3) is 0 Å². The summed E-state index contributed by atoms with van der Waals surface area (Å²) in [5.74, 6) is -1.38. The maximum Gasteiger partial charge on any atom is 0.271 e. The molecular formula is C34H39N7O4S2. The Bertz CT molecular complexity index is 1690. The number of carbonyl (C=O) groups excluding carboxylic acids is 4. The molecule has 1 aliphatic heterocycles. The number of nitrogens with zero attached hydrogens (tertiary/aromatic N) is 3. The first-order valence-corrected chi connectivity index (χ1v) is 17.4. The van der Waals surface area contributed by atoms with Crippen LogP contribution in [0.4, 0.5) is 0 Å². The standard InChI is InChI=1S/C34H39N7O4S2/c1-21(2)29-33-39-26(19-47-33)30(43)36-15-6-16-41(34(45)24-11-9-22(10-12-24)13-14-35)18-28(42)37-25(17-23-7-4-3-5-8-23)32-38-27(20-46-32)31(44)40-29/h3-5,7-12,19-21,25,29H,6,13-18,35H2,1-2H3,(H,36,43)(H,37,42)(H,40,44)/t25-,29-/m0/s1. The number of rotatable bonds is 6. The van der Waals surface area contributed by atoms with Crippen LogP contribution in [0.2, 0.25) is 0 Å². The quantitative estimate of drug-likeness (QED) is 0.242. The highest BCUT2D eigenvalue weighted by molar-refractivity contribution is 7.10. The third-order valence-electron chi connectivity index (χ3n) is 7.79. The summed E-state index contributed by atoms with van der Waals surface area (Å²) in [7, 11) is 0. The number of hydrogen-bond acceptors (Lipinski definition) is 9. The van der Waals surface area contributed by atoms with Gasteiger partial charge in [0, 0.05) is 29.4 Å². The zero-order valence-electron chi connectivity index (χ0n) is 26.4. The Hall–Kier alpha value is -4.46. The monoisotopic (exact) mass is 673 g/mol. The Balaban J connectivity index is 1.45. The lowest BCUT2D eigenvalue weighted by Gasteiger charge is -2.24. The summed E-state index contributed by atoms with van der Waals surface area (Å²) >= 11 is 2.60. The van der Waals surface area contributed by atoms with Gasteiger partial charge < -0.3 is 26.6 Å². The summed E-state index contributed by atoms with van der Waals surface area (Å²) in [6.07, 6.45) is 1.56. The number of fused-ring (bicyclic) bond motifs is 4. The Morgan fingerprint density at radius 1 is 0.915 bits per heavy atom. The van der Waals surface area contributed by atoms with Crippen molar-refractivity contribution in [2.75, 3.05) is 26.2 Å². The third kappa shape index (κ3) is 8.88. The summed E-state index contributed by atoms with van der Waals surface area (Å²) in [5.41, 5.74) is 8.62. The molecule has 0 saturated heterocycles. The van der Waals surface area contributed by atoms with E-state index in [1.54, 1.807) is 22.9 Å². The van der Waals surface area contributed by atoms with Gasteiger partial charge in [-0.25, -0.2) is 9.97 Å². The summed E-state index contributed by atoms with van der Waals surface area (Å²) in [6.45, 7) is 4.75. The normalized spacial score (nSPS) is 18.0. The van der Waals surface area contributed by atoms with E-state index in [1.165, 1.54) is 27.6 Å². The van der Waals surface area contributed by atoms with Crippen LogP contribution in [0.15, 0.2) is 65.4 Å². The van der Waals surface area contributed by atoms with Gasteiger partial charge in [-0.3, -0.25) is 19.2 Å². The maximum absolute atomic E-state index is 13.7. The average Bonchev–Trinajstić information content (AvgIpc) is 3.76. The molecule has 4 amide bonds. The fourth-order valence-electron chi connectivity index (χ4n) is 5.26. The van der Waals surface area contributed by atoms with E-state index in [2.05, 4.69) is 25.9 Å². The van der Waals surface area contributed by atoms with Crippen LogP contribution in [-0.4, -0.2) is 64.7 Å². The average molecular weight is 674 g/mol. The second-order valence-corrected chi connectivity index (χ2v) is 13.5. The van der Waals surface area contributed by atoms with Gasteiger partial charge in [0.05, 0.1) is 18.6 Å². The molecule has 4 bridgehead atoms. The minimum Gasteiger partial charge on any atom is -0.351 e. The number of benzene rings is 2. The molecule has 0 fully saturated rings. The Morgan fingerprint density at radius 3 is 2.30 bits per heavy atom. The van der Waals surface area contributed by atoms with Crippen molar-refractivity contribution in [1.29, 1.82) is 0 Å². The van der Waals surface area contributed by atoms with Crippen molar-refractivity contribution >= 4 is 46.3 Å². The molecular weight excluding hydrogens is 635 g/mol. The predicted molar refractivity (Wildman–Crippen MR) is 182 cm³/mol. The Kier molecular flexibility index (Phi) is 11.5. The van der Waals surface area contributed by atoms with E-state index in [4.69, 9.17) is 5.73 Å². The molecule has 5 rings (SSSR count). The molecule has 2 atom stereocenters. The first-order chi connectivity index (χ1) is 22.7. The first-order valence-electron chi connectivity index (χ1n) is 15.6. The summed E-state index contributed by atoms with van der Waals surface area (Å²) in [6, 6.07) is 16.0. The third-order valence-corrected chi connectivity index (χ3v) is 9.68. The lowest BCUT2D eigenvalue weighted by molar-refractivity contribution is -0.122. The van der Waals surface area contributed by atoms with Crippen LogP contribution >= 0.6 is 22.7 Å². The SMILES string of the molecule is CC(C)[C@@H]1NC(=O)c2csc(n2)[C@H](Cc2ccccc2)NC(=O)CN(C(=O)c2ccc(CCN)cc2)CCCNC(=O)c2csc1n2. The van der Waals surface area contributed by atoms with E-state index >= 15 is 0 Å². The molecule has 0 spiro atoms. The Labute approximate surface area is 282 Å². The second-order valence-electron chi connectivity index (χ2n) is 11.7. The number of nitrogens with two attached hydrogens (primary N) is 1. The molecule has 1 aliphatic rings. The molecule has 0 aliphatic carbocycles. The number of thiazole rings is 2. The van der Waals surface area contributed by atoms with Crippen molar-refractivity contribution in [3.05, 3.63) is 103 Å². The van der Waals surface area contributed by atoms with Crippen molar-refractivity contribution in [1.82, 2.24) is 30.8 Å². The highest BCUT2D eigenvalue weighted by atomic mass is 32.1. The first kappa shape index (κ1) is 33.9. The molecule has 47 heavy (non-hydrogen) atoms. The molecule has 0 unspecified atom stereocenters. The predicted octanol–water partition coefficient (Wildman–Crippen LogP) is 3.90. The van der Waals surface area contributed by atoms with Gasteiger partial charge in [-0.2, -0.15) is 0 Å². The van der Waals surface area contributed by atoms with Gasteiger partial charge in [-0.05, 0) is 55.0 Å². The summed E-state index contributed by atoms with van der Waals surface area (Å²) < 4.78 is 0. The van der Waals surface area contributed by atoms with Crippen molar-refractivity contribution in [3.8, 4) is 0 Å². The van der Waals surface area contributed by atoms with E-state index in [9.17, 15) is 19.2 Å². The van der Waals surface area contributed by atoms with Crippen LogP contribution < -0.4 is 21.7 Å². The smallest absolute Gasteiger partial charge is 0.271 e. The lowest BCUT2D eigenvalue weighted by Crippen LogP contribution is -2.43. The van der Waals surface area contributed by atoms with Crippen LogP contribution in [0.1, 0.15) is 84.8 Å². The van der Waals surface area contributed by atoms with Crippen molar-refractivity contribution in [2.24, 2.45) is 11.7 Å². The molecule has 3 heterocycles. The summed E-state index contributed by atoms with van der Waals surface area (Å²) in [4.78, 5) is 64.4. The van der Waals surface area contributed by atoms with Gasteiger partial charge in [0.2, 0.25) is 5.91 Å². The van der Waals surface area contributed by atoms with Gasteiger partial charge in [-0.1, -0.05) is 56.3 Å². The summed E-state index contributed by atoms with van der Waals surface area (Å²) in [5, 5.41) is 13.5. The number of aromatic nitrogens is 2. The van der Waals surface area contributed by atoms with Gasteiger partial charge >= 0.3 is 0 Å². The zero-order valence-corrected chi connectivity index (χ0v) is 28.0. The fraction of sp³-hybridized carbons (Fsp3) is 0.353. The zero-order chi connectivity index (χ0) is 33.3. The lowest BCUT2D eigenvalue weighted by atomic mass is 10.0. The van der Waals surface area contributed by atoms with Gasteiger partial charge in [0.25, 0.3) is 17.7 Å². The largest absolute Gasteiger partial charge is 0.351 e. The number of hydrogen-bond donors (Lipinski definition) is 4. The fourth-order valence-corrected chi connectivity index (χ4v) is 7.13. The maximum atomic E-state index is 13.7. The van der Waals surface area contributed by atoms with Crippen LogP contribution in [0.3, 0.4) is 0 Å². The van der Waals surface area contributed by atoms with E-state index < -0.39 is 12.1 Å². The molecule has 246 valence electrons. The Morgan fingerprint density at radius 2 is 1.60 bits per heavy atom. The molecule has 4 aromatic rings. The number of amides is 4. The van der Waals surface area contributed by atoms with Crippen molar-refractivity contribution < 1.29 is 19.2 Å². The molecule has 13 heteroatoms.